The fraction of sp³-hybridized carbons (Fsp3) is 0.188. The molecule has 2 aromatic carbocycles. The van der Waals surface area contributed by atoms with E-state index in [-0.39, 0.29) is 16.5 Å². The second-order valence-electron chi connectivity index (χ2n) is 5.53. The largest absolute Gasteiger partial charge is 0.493 e. The molecule has 1 heterocycles. The van der Waals surface area contributed by atoms with E-state index in [0.29, 0.717) is 17.5 Å². The highest BCUT2D eigenvalue weighted by atomic mass is 79.9. The van der Waals surface area contributed by atoms with Gasteiger partial charge in [-0.3, -0.25) is 4.79 Å². The summed E-state index contributed by atoms with van der Waals surface area (Å²) in [5.74, 6) is 0.326. The molecule has 1 unspecified atom stereocenters. The van der Waals surface area contributed by atoms with E-state index in [0.717, 1.165) is 15.8 Å². The molecule has 0 saturated carbocycles. The highest BCUT2D eigenvalue weighted by molar-refractivity contribution is 9.10. The number of hydrogen-bond donors (Lipinski definition) is 2. The van der Waals surface area contributed by atoms with Crippen LogP contribution >= 0.6 is 31.9 Å². The van der Waals surface area contributed by atoms with E-state index in [1.165, 1.54) is 18.2 Å². The molecule has 1 atom stereocenters. The lowest BCUT2D eigenvalue weighted by Crippen LogP contribution is -2.32. The molecule has 3 N–H and O–H groups in total. The van der Waals surface area contributed by atoms with Crippen LogP contribution < -0.4 is 15.2 Å². The molecule has 6 nitrogen and oxygen atoms in total. The van der Waals surface area contributed by atoms with Crippen molar-refractivity contribution in [1.82, 2.24) is 5.32 Å². The second-order valence-corrected chi connectivity index (χ2v) is 8.86. The number of benzene rings is 2. The van der Waals surface area contributed by atoms with Crippen molar-refractivity contribution in [3.8, 4) is 5.75 Å². The molecule has 3 rings (SSSR count). The Hall–Kier alpha value is -1.42. The van der Waals surface area contributed by atoms with E-state index in [1.807, 2.05) is 18.2 Å². The minimum Gasteiger partial charge on any atom is -0.493 e. The van der Waals surface area contributed by atoms with Crippen molar-refractivity contribution in [3.63, 3.8) is 0 Å². The lowest BCUT2D eigenvalue weighted by molar-refractivity contribution is 0.0923. The zero-order valence-corrected chi connectivity index (χ0v) is 16.8. The van der Waals surface area contributed by atoms with Gasteiger partial charge in [0, 0.05) is 20.9 Å². The Morgan fingerprint density at radius 1 is 1.20 bits per heavy atom. The van der Waals surface area contributed by atoms with Crippen molar-refractivity contribution in [2.24, 2.45) is 5.14 Å². The molecule has 1 aliphatic heterocycles. The first-order chi connectivity index (χ1) is 11.8. The first kappa shape index (κ1) is 18.4. The molecular weight excluding hydrogens is 476 g/mol. The predicted molar refractivity (Wildman–Crippen MR) is 100.0 cm³/mol. The van der Waals surface area contributed by atoms with Crippen molar-refractivity contribution in [3.05, 3.63) is 56.5 Å². The van der Waals surface area contributed by atoms with Gasteiger partial charge in [0.25, 0.3) is 5.91 Å². The van der Waals surface area contributed by atoms with Gasteiger partial charge in [-0.25, -0.2) is 13.6 Å². The quantitative estimate of drug-likeness (QED) is 0.691. The lowest BCUT2D eigenvalue weighted by atomic mass is 10.00. The van der Waals surface area contributed by atoms with Gasteiger partial charge in [-0.05, 0) is 52.3 Å². The van der Waals surface area contributed by atoms with Gasteiger partial charge >= 0.3 is 0 Å². The smallest absolute Gasteiger partial charge is 0.252 e. The van der Waals surface area contributed by atoms with Gasteiger partial charge in [0.1, 0.15) is 5.75 Å². The van der Waals surface area contributed by atoms with E-state index < -0.39 is 15.9 Å². The fourth-order valence-corrected chi connectivity index (χ4v) is 3.95. The first-order valence-electron chi connectivity index (χ1n) is 7.31. The summed E-state index contributed by atoms with van der Waals surface area (Å²) in [6, 6.07) is 9.47. The van der Waals surface area contributed by atoms with E-state index in [9.17, 15) is 13.2 Å². The fourth-order valence-electron chi connectivity index (χ4n) is 2.61. The summed E-state index contributed by atoms with van der Waals surface area (Å²) in [7, 11) is -3.89. The molecule has 25 heavy (non-hydrogen) atoms. The Kier molecular flexibility index (Phi) is 5.19. The number of carbonyl (C=O) groups is 1. The van der Waals surface area contributed by atoms with Crippen LogP contribution in [0.3, 0.4) is 0 Å². The van der Waals surface area contributed by atoms with E-state index in [2.05, 4.69) is 37.2 Å². The monoisotopic (exact) mass is 488 g/mol. The number of amides is 1. The van der Waals surface area contributed by atoms with Crippen LogP contribution in [0.15, 0.2) is 50.2 Å². The lowest BCUT2D eigenvalue weighted by Gasteiger charge is -2.27. The van der Waals surface area contributed by atoms with E-state index in [4.69, 9.17) is 9.88 Å². The number of nitrogens with two attached hydrogens (primary N) is 1. The van der Waals surface area contributed by atoms with E-state index >= 15 is 0 Å². The summed E-state index contributed by atoms with van der Waals surface area (Å²) in [5, 5.41) is 8.08. The molecule has 0 saturated heterocycles. The third-order valence-electron chi connectivity index (χ3n) is 3.83. The van der Waals surface area contributed by atoms with Gasteiger partial charge in [0.05, 0.1) is 23.1 Å². The third-order valence-corrected chi connectivity index (χ3v) is 5.92. The Morgan fingerprint density at radius 3 is 2.68 bits per heavy atom. The highest BCUT2D eigenvalue weighted by Gasteiger charge is 2.25. The molecule has 0 bridgehead atoms. The molecule has 1 aliphatic rings. The zero-order chi connectivity index (χ0) is 18.2. The Balaban J connectivity index is 1.91. The topological polar surface area (TPSA) is 98.5 Å². The van der Waals surface area contributed by atoms with Gasteiger partial charge in [-0.1, -0.05) is 15.9 Å². The van der Waals surface area contributed by atoms with Crippen LogP contribution in [0.25, 0.3) is 0 Å². The first-order valence-corrected chi connectivity index (χ1v) is 10.4. The van der Waals surface area contributed by atoms with Gasteiger partial charge in [0.15, 0.2) is 0 Å². The number of halogens is 2. The summed E-state index contributed by atoms with van der Waals surface area (Å²) in [6.45, 7) is 0.484. The van der Waals surface area contributed by atoms with Crippen molar-refractivity contribution < 1.29 is 17.9 Å². The van der Waals surface area contributed by atoms with Crippen molar-refractivity contribution >= 4 is 47.8 Å². The van der Waals surface area contributed by atoms with Crippen LogP contribution in [-0.2, 0) is 10.0 Å². The number of carbonyl (C=O) groups excluding carboxylic acids is 1. The molecule has 9 heteroatoms. The summed E-state index contributed by atoms with van der Waals surface area (Å²) in [6.07, 6.45) is 0.613. The minimum atomic E-state index is -3.89. The number of ether oxygens (including phenoxy) is 1. The maximum absolute atomic E-state index is 12.7. The van der Waals surface area contributed by atoms with Gasteiger partial charge < -0.3 is 10.1 Å². The van der Waals surface area contributed by atoms with Crippen molar-refractivity contribution in [2.45, 2.75) is 17.4 Å². The number of rotatable bonds is 3. The number of sulfonamides is 1. The van der Waals surface area contributed by atoms with Crippen molar-refractivity contribution in [1.29, 1.82) is 0 Å². The standard InChI is InChI=1S/C16H14Br2N2O4S/c17-9-1-4-15-12(7-9)14(5-6-24-15)20-16(21)11-8-10(25(19,22)23)2-3-13(11)18/h1-4,7-8,14H,5-6H2,(H,20,21)(H2,19,22,23). The van der Waals surface area contributed by atoms with Crippen LogP contribution in [0.4, 0.5) is 0 Å². The van der Waals surface area contributed by atoms with Crippen LogP contribution in [0.5, 0.6) is 5.75 Å². The summed E-state index contributed by atoms with van der Waals surface area (Å²) >= 11 is 6.69. The number of fused-ring (bicyclic) bond motifs is 1. The molecule has 0 aliphatic carbocycles. The minimum absolute atomic E-state index is 0.115. The SMILES string of the molecule is NS(=O)(=O)c1ccc(Br)c(C(=O)NC2CCOc3ccc(Br)cc32)c1. The Bertz CT molecular complexity index is 947. The summed E-state index contributed by atoms with van der Waals surface area (Å²) in [5.41, 5.74) is 1.07. The second kappa shape index (κ2) is 7.06. The molecular formula is C16H14Br2N2O4S. The average molecular weight is 490 g/mol. The predicted octanol–water partition coefficient (Wildman–Crippen LogP) is 3.11. The molecule has 132 valence electrons. The third kappa shape index (κ3) is 4.05. The molecule has 0 aromatic heterocycles. The molecule has 1 amide bonds. The molecule has 0 fully saturated rings. The summed E-state index contributed by atoms with van der Waals surface area (Å²) < 4.78 is 30.0. The number of primary sulfonamides is 1. The number of nitrogens with one attached hydrogen (secondary N) is 1. The van der Waals surface area contributed by atoms with Gasteiger partial charge in [-0.15, -0.1) is 0 Å². The van der Waals surface area contributed by atoms with E-state index in [1.54, 1.807) is 0 Å². The Labute approximate surface area is 162 Å². The van der Waals surface area contributed by atoms with Crippen molar-refractivity contribution in [2.75, 3.05) is 6.61 Å². The average Bonchev–Trinajstić information content (AvgIpc) is 2.54. The number of hydrogen-bond acceptors (Lipinski definition) is 4. The zero-order valence-electron chi connectivity index (χ0n) is 12.8. The van der Waals surface area contributed by atoms with Gasteiger partial charge in [0.2, 0.25) is 10.0 Å². The molecule has 2 aromatic rings. The maximum atomic E-state index is 12.7. The Morgan fingerprint density at radius 2 is 1.96 bits per heavy atom. The normalized spacial score (nSPS) is 16.7. The van der Waals surface area contributed by atoms with Crippen LogP contribution in [0.1, 0.15) is 28.4 Å². The molecule has 0 radical (unpaired) electrons. The van der Waals surface area contributed by atoms with Crippen LogP contribution in [0.2, 0.25) is 0 Å². The maximum Gasteiger partial charge on any atom is 0.252 e. The molecule has 0 spiro atoms. The van der Waals surface area contributed by atoms with Crippen LogP contribution in [0, 0.1) is 0 Å². The summed E-state index contributed by atoms with van der Waals surface area (Å²) in [4.78, 5) is 12.6. The van der Waals surface area contributed by atoms with Gasteiger partial charge in [-0.2, -0.15) is 0 Å². The van der Waals surface area contributed by atoms with Crippen LogP contribution in [-0.4, -0.2) is 20.9 Å². The highest BCUT2D eigenvalue weighted by Crippen LogP contribution is 2.34.